The quantitative estimate of drug-likeness (QED) is 0.478. The van der Waals surface area contributed by atoms with E-state index in [0.29, 0.717) is 35.9 Å². The van der Waals surface area contributed by atoms with Gasteiger partial charge in [0.2, 0.25) is 5.95 Å². The van der Waals surface area contributed by atoms with Crippen LogP contribution in [-0.4, -0.2) is 47.0 Å². The predicted octanol–water partition coefficient (Wildman–Crippen LogP) is 4.25. The van der Waals surface area contributed by atoms with Crippen molar-refractivity contribution in [3.05, 3.63) is 59.3 Å². The van der Waals surface area contributed by atoms with Crippen LogP contribution in [0.4, 0.5) is 22.4 Å². The van der Waals surface area contributed by atoms with Crippen LogP contribution in [0.15, 0.2) is 36.4 Å². The van der Waals surface area contributed by atoms with Crippen LogP contribution in [0.3, 0.4) is 0 Å². The van der Waals surface area contributed by atoms with Gasteiger partial charge in [0, 0.05) is 36.7 Å². The van der Waals surface area contributed by atoms with Crippen LogP contribution in [0.5, 0.6) is 5.75 Å². The lowest BCUT2D eigenvalue weighted by molar-refractivity contribution is -0.274. The second kappa shape index (κ2) is 8.33. The van der Waals surface area contributed by atoms with E-state index >= 15 is 0 Å². The van der Waals surface area contributed by atoms with Crippen LogP contribution in [0, 0.1) is 5.95 Å². The highest BCUT2D eigenvalue weighted by atomic mass is 19.4. The lowest BCUT2D eigenvalue weighted by Gasteiger charge is -2.26. The van der Waals surface area contributed by atoms with Crippen LogP contribution < -0.4 is 10.1 Å². The molecule has 1 atom stereocenters. The van der Waals surface area contributed by atoms with Crippen molar-refractivity contribution >= 4 is 16.9 Å². The smallest absolute Gasteiger partial charge is 0.406 e. The average molecular weight is 450 g/mol. The normalized spacial score (nSPS) is 16.0. The number of halogens is 4. The molecule has 1 aliphatic carbocycles. The maximum Gasteiger partial charge on any atom is 0.573 e. The number of hydrogen-bond donors (Lipinski definition) is 1. The Hall–Kier alpha value is -3.30. The van der Waals surface area contributed by atoms with E-state index in [1.807, 2.05) is 4.57 Å². The molecule has 4 rings (SSSR count). The van der Waals surface area contributed by atoms with Gasteiger partial charge in [0.15, 0.2) is 0 Å². The first kappa shape index (κ1) is 21.9. The van der Waals surface area contributed by atoms with Crippen LogP contribution in [0.25, 0.3) is 10.9 Å². The number of aromatic nitrogens is 2. The Morgan fingerprint density at radius 2 is 2.06 bits per heavy atom. The molecule has 0 saturated heterocycles. The first-order valence-corrected chi connectivity index (χ1v) is 10.1. The second-order valence-corrected chi connectivity index (χ2v) is 7.97. The number of carbonyl (C=O) groups excluding carboxylic acids is 1. The summed E-state index contributed by atoms with van der Waals surface area (Å²) >= 11 is 0. The van der Waals surface area contributed by atoms with Gasteiger partial charge in [-0.2, -0.15) is 4.39 Å². The van der Waals surface area contributed by atoms with Crippen LogP contribution in [0.1, 0.15) is 23.4 Å². The summed E-state index contributed by atoms with van der Waals surface area (Å²) in [5.41, 5.74) is 2.99. The maximum absolute atomic E-state index is 13.6. The van der Waals surface area contributed by atoms with E-state index in [9.17, 15) is 22.4 Å². The number of nitrogens with zero attached hydrogens (tertiary/aromatic N) is 3. The summed E-state index contributed by atoms with van der Waals surface area (Å²) in [6.45, 7) is 0.276. The molecule has 0 saturated carbocycles. The number of fused-ring (bicyclic) bond motifs is 3. The molecule has 0 radical (unpaired) electrons. The fraction of sp³-hybridized carbons (Fsp3) is 0.364. The fourth-order valence-corrected chi connectivity index (χ4v) is 4.13. The number of ether oxygens (including phenoxy) is 1. The molecule has 0 spiro atoms. The minimum atomic E-state index is -4.80. The van der Waals surface area contributed by atoms with Crippen molar-refractivity contribution in [1.29, 1.82) is 0 Å². The van der Waals surface area contributed by atoms with E-state index in [4.69, 9.17) is 0 Å². The van der Waals surface area contributed by atoms with E-state index in [2.05, 4.69) is 15.0 Å². The number of rotatable bonds is 4. The predicted molar refractivity (Wildman–Crippen MR) is 110 cm³/mol. The molecule has 0 bridgehead atoms. The largest absolute Gasteiger partial charge is 0.573 e. The molecule has 6 nitrogen and oxygen atoms in total. The lowest BCUT2D eigenvalue weighted by atomic mass is 9.91. The Kier molecular flexibility index (Phi) is 5.70. The minimum absolute atomic E-state index is 0.157. The van der Waals surface area contributed by atoms with Gasteiger partial charge in [-0.1, -0.05) is 6.07 Å². The number of urea groups is 1. The van der Waals surface area contributed by atoms with E-state index in [0.717, 1.165) is 11.3 Å². The minimum Gasteiger partial charge on any atom is -0.406 e. The highest BCUT2D eigenvalue weighted by Crippen LogP contribution is 2.36. The topological polar surface area (TPSA) is 59.4 Å². The van der Waals surface area contributed by atoms with Crippen LogP contribution in [-0.2, 0) is 19.4 Å². The van der Waals surface area contributed by atoms with Gasteiger partial charge in [0.1, 0.15) is 5.75 Å². The third-order valence-corrected chi connectivity index (χ3v) is 5.50. The molecule has 2 amide bonds. The Labute approximate surface area is 181 Å². The summed E-state index contributed by atoms with van der Waals surface area (Å²) in [7, 11) is 3.28. The summed E-state index contributed by atoms with van der Waals surface area (Å²) in [6.07, 6.45) is -3.06. The van der Waals surface area contributed by atoms with Gasteiger partial charge in [-0.15, -0.1) is 13.2 Å². The SMILES string of the molecule is CN(C)C(=O)NC1CCc2c(c3cc(OC(F)(F)F)ccc3n2Cc2cccc(F)n2)C1. The van der Waals surface area contributed by atoms with Crippen molar-refractivity contribution in [3.63, 3.8) is 0 Å². The van der Waals surface area contributed by atoms with Gasteiger partial charge < -0.3 is 19.5 Å². The molecule has 2 heterocycles. The van der Waals surface area contributed by atoms with Gasteiger partial charge in [0.05, 0.1) is 12.2 Å². The molecule has 1 aliphatic rings. The summed E-state index contributed by atoms with van der Waals surface area (Å²) in [4.78, 5) is 17.5. The summed E-state index contributed by atoms with van der Waals surface area (Å²) in [5, 5.41) is 3.56. The molecule has 32 heavy (non-hydrogen) atoms. The van der Waals surface area contributed by atoms with E-state index < -0.39 is 12.3 Å². The Morgan fingerprint density at radius 3 is 2.75 bits per heavy atom. The van der Waals surface area contributed by atoms with E-state index in [1.54, 1.807) is 32.3 Å². The van der Waals surface area contributed by atoms with Gasteiger partial charge in [-0.05, 0) is 55.2 Å². The monoisotopic (exact) mass is 450 g/mol. The number of hydrogen-bond acceptors (Lipinski definition) is 3. The molecule has 0 fully saturated rings. The number of carbonyl (C=O) groups is 1. The molecule has 2 aromatic heterocycles. The maximum atomic E-state index is 13.6. The highest BCUT2D eigenvalue weighted by Gasteiger charge is 2.32. The molecular weight excluding hydrogens is 428 g/mol. The van der Waals surface area contributed by atoms with Crippen molar-refractivity contribution in [3.8, 4) is 5.75 Å². The third-order valence-electron chi connectivity index (χ3n) is 5.50. The zero-order chi connectivity index (χ0) is 23.0. The number of amides is 2. The summed E-state index contributed by atoms with van der Waals surface area (Å²) in [5.74, 6) is -0.909. The van der Waals surface area contributed by atoms with Crippen molar-refractivity contribution in [2.75, 3.05) is 14.1 Å². The average Bonchev–Trinajstić information content (AvgIpc) is 2.99. The first-order chi connectivity index (χ1) is 15.1. The summed E-state index contributed by atoms with van der Waals surface area (Å²) < 4.78 is 58.0. The molecule has 10 heteroatoms. The van der Waals surface area contributed by atoms with Crippen molar-refractivity contribution in [2.45, 2.75) is 38.2 Å². The number of nitrogens with one attached hydrogen (secondary N) is 1. The first-order valence-electron chi connectivity index (χ1n) is 10.1. The van der Waals surface area contributed by atoms with Gasteiger partial charge >= 0.3 is 12.4 Å². The van der Waals surface area contributed by atoms with E-state index in [1.165, 1.54) is 23.1 Å². The Bertz CT molecular complexity index is 1160. The van der Waals surface area contributed by atoms with E-state index in [-0.39, 0.29) is 24.4 Å². The zero-order valence-corrected chi connectivity index (χ0v) is 17.5. The van der Waals surface area contributed by atoms with Crippen LogP contribution in [0.2, 0.25) is 0 Å². The second-order valence-electron chi connectivity index (χ2n) is 7.97. The summed E-state index contributed by atoms with van der Waals surface area (Å²) in [6, 6.07) is 8.34. The van der Waals surface area contributed by atoms with Gasteiger partial charge in [0.25, 0.3) is 0 Å². The Morgan fingerprint density at radius 1 is 1.28 bits per heavy atom. The lowest BCUT2D eigenvalue weighted by Crippen LogP contribution is -2.44. The Balaban J connectivity index is 1.76. The van der Waals surface area contributed by atoms with Crippen molar-refractivity contribution in [2.24, 2.45) is 0 Å². The number of pyridine rings is 1. The molecule has 1 unspecified atom stereocenters. The van der Waals surface area contributed by atoms with Gasteiger partial charge in [-0.3, -0.25) is 0 Å². The zero-order valence-electron chi connectivity index (χ0n) is 17.5. The van der Waals surface area contributed by atoms with Crippen LogP contribution >= 0.6 is 0 Å². The number of benzene rings is 1. The highest BCUT2D eigenvalue weighted by molar-refractivity contribution is 5.87. The molecule has 0 aliphatic heterocycles. The molecule has 1 aromatic carbocycles. The molecular formula is C22H22F4N4O2. The fourth-order valence-electron chi connectivity index (χ4n) is 4.13. The van der Waals surface area contributed by atoms with Gasteiger partial charge in [-0.25, -0.2) is 9.78 Å². The standard InChI is InChI=1S/C22H22F4N4O2/c1-29(2)21(31)28-13-6-8-18-16(10-13)17-11-15(32-22(24,25)26)7-9-19(17)30(18)12-14-4-3-5-20(23)27-14/h3-5,7,9,11,13H,6,8,10,12H2,1-2H3,(H,28,31). The molecule has 3 aromatic rings. The molecule has 1 N–H and O–H groups in total. The van der Waals surface area contributed by atoms with Crippen molar-refractivity contribution < 1.29 is 27.1 Å². The third kappa shape index (κ3) is 4.63. The van der Waals surface area contributed by atoms with Crippen molar-refractivity contribution in [1.82, 2.24) is 19.8 Å². The number of alkyl halides is 3. The molecule has 170 valence electrons.